The molecule has 0 saturated carbocycles. The zero-order valence-electron chi connectivity index (χ0n) is 11.2. The van der Waals surface area contributed by atoms with Gasteiger partial charge in [-0.05, 0) is 38.3 Å². The Morgan fingerprint density at radius 1 is 0.733 bits per heavy atom. The molecule has 2 N–H and O–H groups in total. The smallest absolute Gasteiger partial charge is 0.182 e. The van der Waals surface area contributed by atoms with Gasteiger partial charge in [-0.15, -0.1) is 0 Å². The van der Waals surface area contributed by atoms with Crippen LogP contribution in [0.1, 0.15) is 26.7 Å². The normalized spacial score (nSPS) is 11.2. The van der Waals surface area contributed by atoms with Crippen molar-refractivity contribution < 1.29 is 9.59 Å². The van der Waals surface area contributed by atoms with Crippen molar-refractivity contribution in [3.63, 3.8) is 0 Å². The monoisotopic (exact) mass is 270 g/mol. The molecule has 0 radical (unpaired) electrons. The minimum atomic E-state index is -1.66. The molecule has 0 atom stereocenters. The predicted molar refractivity (Wildman–Crippen MR) is 80.0 cm³/mol. The van der Waals surface area contributed by atoms with Crippen LogP contribution in [0.15, 0.2) is 0 Å². The molecule has 0 aliphatic carbocycles. The van der Waals surface area contributed by atoms with Gasteiger partial charge in [0.25, 0.3) is 0 Å². The summed E-state index contributed by atoms with van der Waals surface area (Å²) in [7, 11) is -3.31. The van der Waals surface area contributed by atoms with E-state index in [9.17, 15) is 0 Å². The van der Waals surface area contributed by atoms with E-state index in [0.29, 0.717) is 0 Å². The molecule has 0 aromatic heterocycles. The van der Waals surface area contributed by atoms with Gasteiger partial charge in [0.1, 0.15) is 0 Å². The van der Waals surface area contributed by atoms with Gasteiger partial charge in [-0.2, -0.15) is 13.5 Å². The lowest BCUT2D eigenvalue weighted by Gasteiger charge is -2.10. The van der Waals surface area contributed by atoms with Gasteiger partial charge in [-0.25, -0.2) is 0 Å². The molecule has 0 bridgehead atoms. The molecule has 0 saturated heterocycles. The number of hydrogen-bond acceptors (Lipinski definition) is 2. The second-order valence-corrected chi connectivity index (χ2v) is 13.4. The Balaban J connectivity index is -0.000000180. The molecule has 96 valence electrons. The van der Waals surface area contributed by atoms with E-state index in [-0.39, 0.29) is 13.5 Å². The minimum absolute atomic E-state index is 0. The first-order chi connectivity index (χ1) is 6.12. The van der Waals surface area contributed by atoms with Crippen LogP contribution in [-0.2, 0) is 0 Å². The molecule has 0 heterocycles. The van der Waals surface area contributed by atoms with Crippen molar-refractivity contribution in [3.05, 3.63) is 0 Å². The van der Waals surface area contributed by atoms with Crippen LogP contribution >= 0.6 is 13.5 Å². The van der Waals surface area contributed by atoms with Crippen LogP contribution in [0.2, 0.25) is 38.3 Å². The Labute approximate surface area is 105 Å². The molecule has 0 spiro atoms. The Hall–Kier alpha value is 0.704. The lowest BCUT2D eigenvalue weighted by Crippen LogP contribution is -2.23. The van der Waals surface area contributed by atoms with E-state index in [0.717, 1.165) is 24.9 Å². The third kappa shape index (κ3) is 31.3. The zero-order valence-corrected chi connectivity index (χ0v) is 14.2. The van der Waals surface area contributed by atoms with Crippen LogP contribution in [0.5, 0.6) is 0 Å². The first kappa shape index (κ1) is 21.0. The van der Waals surface area contributed by atoms with Crippen LogP contribution in [0, 0.1) is 0 Å². The SMILES string of the molecule is CCC[Si](C)(C)O.CCC[Si](C)(C)O.S. The second-order valence-electron chi connectivity index (χ2n) is 5.12. The van der Waals surface area contributed by atoms with Gasteiger partial charge in [-0.3, -0.25) is 0 Å². The maximum atomic E-state index is 9.16. The Morgan fingerprint density at radius 2 is 0.933 bits per heavy atom. The Morgan fingerprint density at radius 3 is 0.933 bits per heavy atom. The van der Waals surface area contributed by atoms with Crippen LogP contribution < -0.4 is 0 Å². The van der Waals surface area contributed by atoms with Crippen molar-refractivity contribution >= 4 is 30.1 Å². The first-order valence-electron chi connectivity index (χ1n) is 5.57. The zero-order chi connectivity index (χ0) is 11.8. The summed E-state index contributed by atoms with van der Waals surface area (Å²) in [5.74, 6) is 0. The molecule has 0 rings (SSSR count). The lowest BCUT2D eigenvalue weighted by molar-refractivity contribution is 0.545. The van der Waals surface area contributed by atoms with Crippen molar-refractivity contribution in [2.45, 2.75) is 65.0 Å². The largest absolute Gasteiger partial charge is 0.432 e. The highest BCUT2D eigenvalue weighted by atomic mass is 32.1. The molecule has 0 aliphatic heterocycles. The maximum absolute atomic E-state index is 9.16. The van der Waals surface area contributed by atoms with Crippen LogP contribution in [0.25, 0.3) is 0 Å². The van der Waals surface area contributed by atoms with Gasteiger partial charge in [0.2, 0.25) is 0 Å². The summed E-state index contributed by atoms with van der Waals surface area (Å²) in [4.78, 5) is 18.3. The number of hydrogen-bond donors (Lipinski definition) is 2. The number of rotatable bonds is 4. The van der Waals surface area contributed by atoms with Gasteiger partial charge < -0.3 is 9.59 Å². The van der Waals surface area contributed by atoms with E-state index >= 15 is 0 Å². The average Bonchev–Trinajstić information content (AvgIpc) is 1.81. The predicted octanol–water partition coefficient (Wildman–Crippen LogP) is 3.30. The van der Waals surface area contributed by atoms with Crippen molar-refractivity contribution in [1.82, 2.24) is 0 Å². The van der Waals surface area contributed by atoms with E-state index < -0.39 is 16.6 Å². The van der Waals surface area contributed by atoms with Crippen molar-refractivity contribution in [1.29, 1.82) is 0 Å². The fourth-order valence-electron chi connectivity index (χ4n) is 1.22. The molecule has 15 heavy (non-hydrogen) atoms. The summed E-state index contributed by atoms with van der Waals surface area (Å²) in [6, 6.07) is 2.07. The highest BCUT2D eigenvalue weighted by molar-refractivity contribution is 7.59. The Kier molecular flexibility index (Phi) is 13.9. The quantitative estimate of drug-likeness (QED) is 0.770. The molecule has 0 aromatic rings. The summed E-state index contributed by atoms with van der Waals surface area (Å²) in [6.07, 6.45) is 2.24. The topological polar surface area (TPSA) is 40.5 Å². The summed E-state index contributed by atoms with van der Waals surface area (Å²) >= 11 is 0. The molecular weight excluding hydrogens is 240 g/mol. The molecular formula is C10H30O2SSi2. The second kappa shape index (κ2) is 9.90. The minimum Gasteiger partial charge on any atom is -0.432 e. The average molecular weight is 271 g/mol. The molecule has 0 unspecified atom stereocenters. The van der Waals surface area contributed by atoms with Gasteiger partial charge in [0.15, 0.2) is 16.6 Å². The van der Waals surface area contributed by atoms with E-state index in [1.807, 2.05) is 26.2 Å². The molecule has 2 nitrogen and oxygen atoms in total. The van der Waals surface area contributed by atoms with Crippen LogP contribution in [0.4, 0.5) is 0 Å². The standard InChI is InChI=1S/2C5H14OSi.H2S/c2*1-4-5-7(2,3)6;/h2*6H,4-5H2,1-3H3;1H2. The fourth-order valence-corrected chi connectivity index (χ4v) is 3.67. The summed E-state index contributed by atoms with van der Waals surface area (Å²) in [5, 5.41) is 0. The van der Waals surface area contributed by atoms with Crippen molar-refractivity contribution in [2.24, 2.45) is 0 Å². The summed E-state index contributed by atoms with van der Waals surface area (Å²) < 4.78 is 0. The summed E-state index contributed by atoms with van der Waals surface area (Å²) in [5.41, 5.74) is 0. The lowest BCUT2D eigenvalue weighted by atomic mass is 10.6. The highest BCUT2D eigenvalue weighted by Gasteiger charge is 2.13. The Bertz CT molecular complexity index is 114. The summed E-state index contributed by atoms with van der Waals surface area (Å²) in [6.45, 7) is 12.1. The highest BCUT2D eigenvalue weighted by Crippen LogP contribution is 2.06. The van der Waals surface area contributed by atoms with Gasteiger partial charge in [-0.1, -0.05) is 26.7 Å². The van der Waals surface area contributed by atoms with Crippen molar-refractivity contribution in [3.8, 4) is 0 Å². The maximum Gasteiger partial charge on any atom is 0.182 e. The van der Waals surface area contributed by atoms with E-state index in [1.54, 1.807) is 0 Å². The van der Waals surface area contributed by atoms with Crippen molar-refractivity contribution in [2.75, 3.05) is 0 Å². The fraction of sp³-hybridized carbons (Fsp3) is 1.00. The first-order valence-corrected chi connectivity index (χ1v) is 11.9. The van der Waals surface area contributed by atoms with E-state index in [4.69, 9.17) is 9.59 Å². The van der Waals surface area contributed by atoms with Crippen LogP contribution in [-0.4, -0.2) is 26.2 Å². The van der Waals surface area contributed by atoms with Gasteiger partial charge in [0.05, 0.1) is 0 Å². The third-order valence-electron chi connectivity index (χ3n) is 1.72. The van der Waals surface area contributed by atoms with E-state index in [2.05, 4.69) is 13.8 Å². The molecule has 0 aromatic carbocycles. The van der Waals surface area contributed by atoms with Gasteiger partial charge in [0, 0.05) is 0 Å². The van der Waals surface area contributed by atoms with E-state index in [1.165, 1.54) is 0 Å². The molecule has 0 fully saturated rings. The van der Waals surface area contributed by atoms with Gasteiger partial charge >= 0.3 is 0 Å². The molecule has 0 aliphatic rings. The molecule has 5 heteroatoms. The van der Waals surface area contributed by atoms with Crippen LogP contribution in [0.3, 0.4) is 0 Å². The third-order valence-corrected chi connectivity index (χ3v) is 5.17. The molecule has 0 amide bonds.